The SMILES string of the molecule is C[S+](c1ccccc1)C12CC3CC(CC(C3)C1)C2. The normalized spacial score (nSPS) is 43.1. The average molecular weight is 259 g/mol. The molecule has 0 N–H and O–H groups in total. The second-order valence-corrected chi connectivity index (χ2v) is 9.28. The van der Waals surface area contributed by atoms with Crippen LogP contribution in [0.25, 0.3) is 0 Å². The van der Waals surface area contributed by atoms with Crippen LogP contribution in [0.1, 0.15) is 38.5 Å². The smallest absolute Gasteiger partial charge is 0.0619 e. The van der Waals surface area contributed by atoms with Crippen LogP contribution in [-0.4, -0.2) is 11.0 Å². The highest BCUT2D eigenvalue weighted by molar-refractivity contribution is 7.97. The van der Waals surface area contributed by atoms with Gasteiger partial charge in [-0.2, -0.15) is 0 Å². The molecule has 1 unspecified atom stereocenters. The molecule has 4 saturated carbocycles. The predicted molar refractivity (Wildman–Crippen MR) is 78.9 cm³/mol. The Hall–Kier alpha value is -0.430. The minimum absolute atomic E-state index is 0.462. The summed E-state index contributed by atoms with van der Waals surface area (Å²) in [5.41, 5.74) is 0. The van der Waals surface area contributed by atoms with Crippen LogP contribution < -0.4 is 0 Å². The first-order valence-corrected chi connectivity index (χ1v) is 9.10. The molecule has 4 bridgehead atoms. The Labute approximate surface area is 114 Å². The monoisotopic (exact) mass is 259 g/mol. The van der Waals surface area contributed by atoms with Gasteiger partial charge in [-0.05, 0) is 49.1 Å². The fourth-order valence-corrected chi connectivity index (χ4v) is 7.80. The lowest BCUT2D eigenvalue weighted by atomic mass is 9.56. The molecule has 18 heavy (non-hydrogen) atoms. The first-order valence-electron chi connectivity index (χ1n) is 7.46. The Morgan fingerprint density at radius 2 is 1.39 bits per heavy atom. The summed E-state index contributed by atoms with van der Waals surface area (Å²) in [6, 6.07) is 11.3. The lowest BCUT2D eigenvalue weighted by molar-refractivity contribution is 0.0369. The van der Waals surface area contributed by atoms with Crippen LogP contribution in [-0.2, 0) is 10.9 Å². The molecule has 0 heterocycles. The molecule has 0 saturated heterocycles. The molecule has 1 aromatic carbocycles. The highest BCUT2D eigenvalue weighted by atomic mass is 32.2. The van der Waals surface area contributed by atoms with Gasteiger partial charge in [0.05, 0.1) is 0 Å². The van der Waals surface area contributed by atoms with E-state index in [1.165, 1.54) is 19.3 Å². The van der Waals surface area contributed by atoms with Gasteiger partial charge in [0.15, 0.2) is 4.90 Å². The predicted octanol–water partition coefficient (Wildman–Crippen LogP) is 4.26. The second kappa shape index (κ2) is 4.03. The topological polar surface area (TPSA) is 0 Å². The molecule has 1 heteroatoms. The van der Waals surface area contributed by atoms with Gasteiger partial charge >= 0.3 is 0 Å². The highest BCUT2D eigenvalue weighted by Gasteiger charge is 2.58. The molecular formula is C17H23S+. The molecule has 4 aliphatic rings. The van der Waals surface area contributed by atoms with Crippen molar-refractivity contribution in [2.45, 2.75) is 48.2 Å². The molecule has 0 spiro atoms. The van der Waals surface area contributed by atoms with Gasteiger partial charge in [-0.1, -0.05) is 18.2 Å². The third kappa shape index (κ3) is 1.66. The molecule has 0 aliphatic heterocycles. The van der Waals surface area contributed by atoms with E-state index in [2.05, 4.69) is 36.6 Å². The van der Waals surface area contributed by atoms with Crippen LogP contribution in [0.4, 0.5) is 0 Å². The van der Waals surface area contributed by atoms with Crippen molar-refractivity contribution in [3.8, 4) is 0 Å². The lowest BCUT2D eigenvalue weighted by Crippen LogP contribution is -2.54. The van der Waals surface area contributed by atoms with E-state index in [-0.39, 0.29) is 0 Å². The summed E-state index contributed by atoms with van der Waals surface area (Å²) in [4.78, 5) is 1.61. The summed E-state index contributed by atoms with van der Waals surface area (Å²) < 4.78 is 0.691. The van der Waals surface area contributed by atoms with E-state index in [0.29, 0.717) is 15.6 Å². The van der Waals surface area contributed by atoms with Crippen LogP contribution in [0.15, 0.2) is 35.2 Å². The maximum Gasteiger partial charge on any atom is 0.155 e. The van der Waals surface area contributed by atoms with E-state index in [0.717, 1.165) is 17.8 Å². The molecule has 1 aromatic rings. The van der Waals surface area contributed by atoms with Crippen LogP contribution in [0.3, 0.4) is 0 Å². The van der Waals surface area contributed by atoms with Crippen molar-refractivity contribution in [1.82, 2.24) is 0 Å². The molecule has 4 fully saturated rings. The van der Waals surface area contributed by atoms with Crippen molar-refractivity contribution >= 4 is 10.9 Å². The summed E-state index contributed by atoms with van der Waals surface area (Å²) >= 11 is 0. The first-order chi connectivity index (χ1) is 8.75. The molecule has 4 aliphatic carbocycles. The fraction of sp³-hybridized carbons (Fsp3) is 0.647. The number of hydrogen-bond acceptors (Lipinski definition) is 0. The third-order valence-corrected chi connectivity index (χ3v) is 8.51. The molecule has 0 amide bonds. The molecule has 1 atom stereocenters. The van der Waals surface area contributed by atoms with Crippen LogP contribution >= 0.6 is 0 Å². The number of rotatable bonds is 2. The minimum Gasteiger partial charge on any atom is -0.0619 e. The Morgan fingerprint density at radius 1 is 0.889 bits per heavy atom. The van der Waals surface area contributed by atoms with Gasteiger partial charge in [0, 0.05) is 30.2 Å². The Balaban J connectivity index is 1.67. The average Bonchev–Trinajstić information content (AvgIpc) is 2.37. The van der Waals surface area contributed by atoms with Crippen molar-refractivity contribution in [2.24, 2.45) is 17.8 Å². The molecule has 0 aromatic heterocycles. The van der Waals surface area contributed by atoms with Crippen molar-refractivity contribution in [3.63, 3.8) is 0 Å². The van der Waals surface area contributed by atoms with Crippen molar-refractivity contribution < 1.29 is 0 Å². The maximum atomic E-state index is 2.53. The number of hydrogen-bond donors (Lipinski definition) is 0. The molecule has 5 rings (SSSR count). The Morgan fingerprint density at radius 3 is 1.89 bits per heavy atom. The summed E-state index contributed by atoms with van der Waals surface area (Å²) in [6.07, 6.45) is 11.8. The maximum absolute atomic E-state index is 2.53. The van der Waals surface area contributed by atoms with Crippen LogP contribution in [0.2, 0.25) is 0 Å². The summed E-state index contributed by atoms with van der Waals surface area (Å²) in [5.74, 6) is 3.24. The highest BCUT2D eigenvalue weighted by Crippen LogP contribution is 2.59. The molecular weight excluding hydrogens is 236 g/mol. The fourth-order valence-electron chi connectivity index (χ4n) is 5.28. The molecule has 0 radical (unpaired) electrons. The molecule has 96 valence electrons. The van der Waals surface area contributed by atoms with Gasteiger partial charge in [0.2, 0.25) is 0 Å². The second-order valence-electron chi connectivity index (χ2n) is 6.92. The standard InChI is InChI=1S/C17H23S/c1-18(16-5-3-2-4-6-16)17-10-13-7-14(11-17)9-15(8-13)12-17/h2-6,13-15H,7-12H2,1H3/q+1. The van der Waals surface area contributed by atoms with Gasteiger partial charge in [-0.15, -0.1) is 0 Å². The molecule has 0 nitrogen and oxygen atoms in total. The van der Waals surface area contributed by atoms with E-state index in [1.807, 2.05) is 0 Å². The zero-order valence-corrected chi connectivity index (χ0v) is 12.1. The quantitative estimate of drug-likeness (QED) is 0.696. The first kappa shape index (κ1) is 11.4. The Kier molecular flexibility index (Phi) is 2.55. The minimum atomic E-state index is 0.462. The van der Waals surface area contributed by atoms with E-state index in [1.54, 1.807) is 24.2 Å². The van der Waals surface area contributed by atoms with Gasteiger partial charge < -0.3 is 0 Å². The van der Waals surface area contributed by atoms with E-state index in [9.17, 15) is 0 Å². The summed E-state index contributed by atoms with van der Waals surface area (Å²) in [6.45, 7) is 0. The summed E-state index contributed by atoms with van der Waals surface area (Å²) in [5, 5.41) is 0. The summed E-state index contributed by atoms with van der Waals surface area (Å²) in [7, 11) is 0.462. The van der Waals surface area contributed by atoms with Crippen molar-refractivity contribution in [1.29, 1.82) is 0 Å². The largest absolute Gasteiger partial charge is 0.155 e. The Bertz CT molecular complexity index is 401. The lowest BCUT2D eigenvalue weighted by Gasteiger charge is -2.54. The van der Waals surface area contributed by atoms with E-state index in [4.69, 9.17) is 0 Å². The number of benzene rings is 1. The zero-order chi connectivity index (χ0) is 12.2. The van der Waals surface area contributed by atoms with Crippen molar-refractivity contribution in [3.05, 3.63) is 30.3 Å². The third-order valence-electron chi connectivity index (χ3n) is 5.73. The van der Waals surface area contributed by atoms with Gasteiger partial charge in [0.1, 0.15) is 11.0 Å². The van der Waals surface area contributed by atoms with Crippen LogP contribution in [0.5, 0.6) is 0 Å². The zero-order valence-electron chi connectivity index (χ0n) is 11.3. The van der Waals surface area contributed by atoms with Gasteiger partial charge in [0.25, 0.3) is 0 Å². The van der Waals surface area contributed by atoms with E-state index < -0.39 is 0 Å². The van der Waals surface area contributed by atoms with Crippen LogP contribution in [0, 0.1) is 17.8 Å². The van der Waals surface area contributed by atoms with E-state index >= 15 is 0 Å². The van der Waals surface area contributed by atoms with Gasteiger partial charge in [-0.25, -0.2) is 0 Å². The van der Waals surface area contributed by atoms with Gasteiger partial charge in [-0.3, -0.25) is 0 Å². The van der Waals surface area contributed by atoms with Crippen molar-refractivity contribution in [2.75, 3.05) is 6.26 Å².